The maximum atomic E-state index is 11.7. The number of anilines is 1. The summed E-state index contributed by atoms with van der Waals surface area (Å²) in [5.41, 5.74) is 1.27. The predicted molar refractivity (Wildman–Crippen MR) is 76.4 cm³/mol. The Morgan fingerprint density at radius 1 is 1.16 bits per heavy atom. The third-order valence-corrected chi connectivity index (χ3v) is 2.61. The molecule has 0 atom stereocenters. The standard InChI is InChI=1S/C14H21N3O2/c1-4-5-10-15-14(19)16-12-8-6-11(7-9-12)13(18)17(2)3/h6-9H,4-5,10H2,1-3H3,(H2,15,16,19). The molecule has 0 saturated carbocycles. The van der Waals surface area contributed by atoms with Crippen molar-refractivity contribution < 1.29 is 9.59 Å². The lowest BCUT2D eigenvalue weighted by Crippen LogP contribution is -2.29. The van der Waals surface area contributed by atoms with Crippen molar-refractivity contribution in [1.29, 1.82) is 0 Å². The summed E-state index contributed by atoms with van der Waals surface area (Å²) in [6.45, 7) is 2.74. The number of urea groups is 1. The number of carbonyl (C=O) groups is 2. The molecule has 2 N–H and O–H groups in total. The molecule has 0 fully saturated rings. The van der Waals surface area contributed by atoms with Gasteiger partial charge in [-0.1, -0.05) is 13.3 Å². The molecule has 5 nitrogen and oxygen atoms in total. The van der Waals surface area contributed by atoms with Crippen molar-refractivity contribution in [2.45, 2.75) is 19.8 Å². The van der Waals surface area contributed by atoms with E-state index in [9.17, 15) is 9.59 Å². The summed E-state index contributed by atoms with van der Waals surface area (Å²) < 4.78 is 0. The first-order valence-corrected chi connectivity index (χ1v) is 6.41. The number of rotatable bonds is 5. The first kappa shape index (κ1) is 15.0. The van der Waals surface area contributed by atoms with Crippen LogP contribution in [0.1, 0.15) is 30.1 Å². The number of nitrogens with zero attached hydrogens (tertiary/aromatic N) is 1. The highest BCUT2D eigenvalue weighted by Crippen LogP contribution is 2.10. The van der Waals surface area contributed by atoms with Crippen LogP contribution in [0.3, 0.4) is 0 Å². The van der Waals surface area contributed by atoms with E-state index in [0.717, 1.165) is 12.8 Å². The van der Waals surface area contributed by atoms with Gasteiger partial charge in [-0.15, -0.1) is 0 Å². The SMILES string of the molecule is CCCCNC(=O)Nc1ccc(C(=O)N(C)C)cc1. The summed E-state index contributed by atoms with van der Waals surface area (Å²) in [6.07, 6.45) is 2.01. The average Bonchev–Trinajstić information content (AvgIpc) is 2.39. The number of benzene rings is 1. The highest BCUT2D eigenvalue weighted by molar-refractivity contribution is 5.95. The van der Waals surface area contributed by atoms with Gasteiger partial charge in [0.2, 0.25) is 0 Å². The Labute approximate surface area is 114 Å². The van der Waals surface area contributed by atoms with E-state index in [1.165, 1.54) is 4.90 Å². The molecule has 0 saturated heterocycles. The Hall–Kier alpha value is -2.04. The van der Waals surface area contributed by atoms with Crippen LogP contribution in [0.5, 0.6) is 0 Å². The van der Waals surface area contributed by atoms with E-state index in [0.29, 0.717) is 17.8 Å². The highest BCUT2D eigenvalue weighted by atomic mass is 16.2. The van der Waals surface area contributed by atoms with Crippen molar-refractivity contribution in [2.24, 2.45) is 0 Å². The second-order valence-corrected chi connectivity index (χ2v) is 4.51. The molecule has 0 aliphatic carbocycles. The molecule has 0 unspecified atom stereocenters. The number of amides is 3. The fraction of sp³-hybridized carbons (Fsp3) is 0.429. The van der Waals surface area contributed by atoms with Gasteiger partial charge in [-0.2, -0.15) is 0 Å². The fourth-order valence-corrected chi connectivity index (χ4v) is 1.51. The molecule has 19 heavy (non-hydrogen) atoms. The van der Waals surface area contributed by atoms with Gasteiger partial charge in [-0.05, 0) is 30.7 Å². The van der Waals surface area contributed by atoms with E-state index in [2.05, 4.69) is 17.6 Å². The molecule has 0 aliphatic heterocycles. The molecule has 1 aromatic carbocycles. The van der Waals surface area contributed by atoms with Crippen molar-refractivity contribution in [2.75, 3.05) is 26.0 Å². The van der Waals surface area contributed by atoms with Crippen LogP contribution < -0.4 is 10.6 Å². The van der Waals surface area contributed by atoms with Gasteiger partial charge in [0.25, 0.3) is 5.91 Å². The van der Waals surface area contributed by atoms with Crippen LogP contribution in [0.2, 0.25) is 0 Å². The number of nitrogens with one attached hydrogen (secondary N) is 2. The minimum atomic E-state index is -0.222. The van der Waals surface area contributed by atoms with Gasteiger partial charge in [-0.25, -0.2) is 4.79 Å². The fourth-order valence-electron chi connectivity index (χ4n) is 1.51. The zero-order chi connectivity index (χ0) is 14.3. The van der Waals surface area contributed by atoms with Gasteiger partial charge in [0.1, 0.15) is 0 Å². The molecule has 0 aliphatic rings. The molecule has 1 rings (SSSR count). The maximum Gasteiger partial charge on any atom is 0.319 e. The van der Waals surface area contributed by atoms with Crippen LogP contribution in [-0.2, 0) is 0 Å². The van der Waals surface area contributed by atoms with Crippen LogP contribution in [-0.4, -0.2) is 37.5 Å². The monoisotopic (exact) mass is 263 g/mol. The van der Waals surface area contributed by atoms with E-state index in [4.69, 9.17) is 0 Å². The van der Waals surface area contributed by atoms with E-state index < -0.39 is 0 Å². The molecule has 5 heteroatoms. The molecule has 0 spiro atoms. The Morgan fingerprint density at radius 2 is 1.79 bits per heavy atom. The van der Waals surface area contributed by atoms with Crippen molar-refractivity contribution in [3.8, 4) is 0 Å². The number of unbranched alkanes of at least 4 members (excludes halogenated alkanes) is 1. The van der Waals surface area contributed by atoms with Crippen LogP contribution in [0.25, 0.3) is 0 Å². The topological polar surface area (TPSA) is 61.4 Å². The molecule has 0 radical (unpaired) electrons. The number of carbonyl (C=O) groups excluding carboxylic acids is 2. The Morgan fingerprint density at radius 3 is 2.32 bits per heavy atom. The maximum absolute atomic E-state index is 11.7. The summed E-state index contributed by atoms with van der Waals surface area (Å²) in [7, 11) is 3.41. The Kier molecular flexibility index (Phi) is 5.85. The second kappa shape index (κ2) is 7.41. The van der Waals surface area contributed by atoms with Crippen LogP contribution in [0, 0.1) is 0 Å². The summed E-state index contributed by atoms with van der Waals surface area (Å²) in [4.78, 5) is 24.7. The quantitative estimate of drug-likeness (QED) is 0.801. The lowest BCUT2D eigenvalue weighted by molar-refractivity contribution is 0.0827. The van der Waals surface area contributed by atoms with Crippen LogP contribution in [0.4, 0.5) is 10.5 Å². The molecule has 0 bridgehead atoms. The van der Waals surface area contributed by atoms with E-state index in [1.807, 2.05) is 0 Å². The Balaban J connectivity index is 2.52. The van der Waals surface area contributed by atoms with Gasteiger partial charge in [0.15, 0.2) is 0 Å². The summed E-state index contributed by atoms with van der Waals surface area (Å²) in [5, 5.41) is 5.48. The lowest BCUT2D eigenvalue weighted by atomic mass is 10.2. The van der Waals surface area contributed by atoms with E-state index in [-0.39, 0.29) is 11.9 Å². The normalized spacial score (nSPS) is 9.84. The molecule has 104 valence electrons. The van der Waals surface area contributed by atoms with Gasteiger partial charge >= 0.3 is 6.03 Å². The van der Waals surface area contributed by atoms with E-state index >= 15 is 0 Å². The van der Waals surface area contributed by atoms with E-state index in [1.54, 1.807) is 38.4 Å². The molecule has 3 amide bonds. The minimum Gasteiger partial charge on any atom is -0.345 e. The first-order valence-electron chi connectivity index (χ1n) is 6.41. The van der Waals surface area contributed by atoms with Crippen molar-refractivity contribution in [3.05, 3.63) is 29.8 Å². The third kappa shape index (κ3) is 4.99. The zero-order valence-corrected chi connectivity index (χ0v) is 11.7. The molecular weight excluding hydrogens is 242 g/mol. The molecule has 1 aromatic rings. The van der Waals surface area contributed by atoms with Crippen molar-refractivity contribution in [1.82, 2.24) is 10.2 Å². The first-order chi connectivity index (χ1) is 9.04. The summed E-state index contributed by atoms with van der Waals surface area (Å²) >= 11 is 0. The summed E-state index contributed by atoms with van der Waals surface area (Å²) in [6, 6.07) is 6.61. The van der Waals surface area contributed by atoms with Crippen LogP contribution >= 0.6 is 0 Å². The van der Waals surface area contributed by atoms with Crippen molar-refractivity contribution >= 4 is 17.6 Å². The lowest BCUT2D eigenvalue weighted by Gasteiger charge is -2.11. The van der Waals surface area contributed by atoms with Crippen LogP contribution in [0.15, 0.2) is 24.3 Å². The molecule has 0 aromatic heterocycles. The van der Waals surface area contributed by atoms with Crippen molar-refractivity contribution in [3.63, 3.8) is 0 Å². The van der Waals surface area contributed by atoms with Gasteiger partial charge < -0.3 is 15.5 Å². The smallest absolute Gasteiger partial charge is 0.319 e. The Bertz CT molecular complexity index is 427. The predicted octanol–water partition coefficient (Wildman–Crippen LogP) is 2.31. The molecule has 0 heterocycles. The zero-order valence-electron chi connectivity index (χ0n) is 11.7. The summed E-state index contributed by atoms with van der Waals surface area (Å²) in [5.74, 6) is -0.0565. The third-order valence-electron chi connectivity index (χ3n) is 2.61. The van der Waals surface area contributed by atoms with Gasteiger partial charge in [-0.3, -0.25) is 4.79 Å². The number of hydrogen-bond acceptors (Lipinski definition) is 2. The largest absolute Gasteiger partial charge is 0.345 e. The van der Waals surface area contributed by atoms with Gasteiger partial charge in [0.05, 0.1) is 0 Å². The minimum absolute atomic E-state index is 0.0565. The average molecular weight is 263 g/mol. The number of hydrogen-bond donors (Lipinski definition) is 2. The highest BCUT2D eigenvalue weighted by Gasteiger charge is 2.07. The van der Waals surface area contributed by atoms with Gasteiger partial charge in [0, 0.05) is 31.9 Å². The molecular formula is C14H21N3O2. The second-order valence-electron chi connectivity index (χ2n) is 4.51.